The monoisotopic (exact) mass is 369 g/mol. The fourth-order valence-electron chi connectivity index (χ4n) is 1.39. The molecule has 0 radical (unpaired) electrons. The van der Waals surface area contributed by atoms with Crippen molar-refractivity contribution in [1.29, 1.82) is 0 Å². The van der Waals surface area contributed by atoms with Gasteiger partial charge in [-0.2, -0.15) is 13.2 Å². The highest BCUT2D eigenvalue weighted by atomic mass is 79.9. The molecule has 118 valence electrons. The number of carbonyl (C=O) groups excluding carboxylic acids is 1. The van der Waals surface area contributed by atoms with E-state index in [1.165, 1.54) is 0 Å². The summed E-state index contributed by atoms with van der Waals surface area (Å²) in [5, 5.41) is 2.48. The number of hydrogen-bond donors (Lipinski definition) is 1. The molecule has 0 aliphatic rings. The molecule has 0 aliphatic heterocycles. The maximum Gasteiger partial charge on any atom is 0.411 e. The summed E-state index contributed by atoms with van der Waals surface area (Å²) in [6.45, 7) is -0.217. The summed E-state index contributed by atoms with van der Waals surface area (Å²) in [6, 6.07) is 6.37. The van der Waals surface area contributed by atoms with Gasteiger partial charge in [0.25, 0.3) is 5.91 Å². The van der Waals surface area contributed by atoms with Crippen LogP contribution in [0.3, 0.4) is 0 Å². The van der Waals surface area contributed by atoms with E-state index >= 15 is 0 Å². The van der Waals surface area contributed by atoms with Gasteiger partial charge >= 0.3 is 6.18 Å². The number of hydrogen-bond acceptors (Lipinski definition) is 3. The first kappa shape index (κ1) is 17.8. The van der Waals surface area contributed by atoms with Gasteiger partial charge in [0.05, 0.1) is 6.61 Å². The first-order valence-corrected chi connectivity index (χ1v) is 6.88. The first-order valence-electron chi connectivity index (χ1n) is 6.08. The van der Waals surface area contributed by atoms with Gasteiger partial charge in [-0.05, 0) is 31.2 Å². The summed E-state index contributed by atoms with van der Waals surface area (Å²) < 4.78 is 46.2. The molecule has 0 saturated heterocycles. The van der Waals surface area contributed by atoms with E-state index in [0.29, 0.717) is 5.75 Å². The van der Waals surface area contributed by atoms with Gasteiger partial charge in [0.2, 0.25) is 0 Å². The zero-order valence-corrected chi connectivity index (χ0v) is 12.8. The third-order valence-corrected chi connectivity index (χ3v) is 2.75. The van der Waals surface area contributed by atoms with Crippen LogP contribution in [0.2, 0.25) is 0 Å². The number of ether oxygens (including phenoxy) is 2. The van der Waals surface area contributed by atoms with Crippen LogP contribution in [0.5, 0.6) is 5.75 Å². The van der Waals surface area contributed by atoms with E-state index in [1.54, 1.807) is 31.2 Å². The van der Waals surface area contributed by atoms with E-state index in [2.05, 4.69) is 26.0 Å². The van der Waals surface area contributed by atoms with Crippen LogP contribution in [-0.2, 0) is 9.53 Å². The topological polar surface area (TPSA) is 47.6 Å². The summed E-state index contributed by atoms with van der Waals surface area (Å²) in [5.74, 6) is 0.0929. The van der Waals surface area contributed by atoms with Gasteiger partial charge in [0, 0.05) is 10.5 Å². The Morgan fingerprint density at radius 2 is 1.95 bits per heavy atom. The molecular formula is C13H15BrF3NO3. The summed E-state index contributed by atoms with van der Waals surface area (Å²) in [4.78, 5) is 11.5. The maximum absolute atomic E-state index is 11.9. The number of alkyl halides is 3. The predicted octanol–water partition coefficient (Wildman–Crippen LogP) is 2.91. The number of nitrogens with one attached hydrogen (secondary N) is 1. The Morgan fingerprint density at radius 3 is 2.52 bits per heavy atom. The Morgan fingerprint density at radius 1 is 1.33 bits per heavy atom. The van der Waals surface area contributed by atoms with Crippen molar-refractivity contribution < 1.29 is 27.4 Å². The van der Waals surface area contributed by atoms with Crippen LogP contribution >= 0.6 is 15.9 Å². The van der Waals surface area contributed by atoms with E-state index in [9.17, 15) is 18.0 Å². The summed E-state index contributed by atoms with van der Waals surface area (Å²) in [5.41, 5.74) is 0. The van der Waals surface area contributed by atoms with Crippen LogP contribution in [0.25, 0.3) is 0 Å². The van der Waals surface area contributed by atoms with Gasteiger partial charge in [0.15, 0.2) is 6.61 Å². The van der Waals surface area contributed by atoms with Crippen LogP contribution < -0.4 is 10.1 Å². The number of carbonyl (C=O) groups is 1. The Balaban J connectivity index is 2.22. The summed E-state index contributed by atoms with van der Waals surface area (Å²) >= 11 is 3.27. The van der Waals surface area contributed by atoms with E-state index in [1.807, 2.05) is 0 Å². The van der Waals surface area contributed by atoms with Crippen molar-refractivity contribution in [2.24, 2.45) is 0 Å². The van der Waals surface area contributed by atoms with Crippen molar-refractivity contribution in [3.63, 3.8) is 0 Å². The minimum Gasteiger partial charge on any atom is -0.484 e. The Labute approximate surface area is 128 Å². The summed E-state index contributed by atoms with van der Waals surface area (Å²) in [7, 11) is 0. The first-order chi connectivity index (χ1) is 9.76. The van der Waals surface area contributed by atoms with Crippen LogP contribution in [0, 0.1) is 0 Å². The molecule has 0 saturated carbocycles. The fraction of sp³-hybridized carbons (Fsp3) is 0.462. The number of benzene rings is 1. The fourth-order valence-corrected chi connectivity index (χ4v) is 1.65. The third kappa shape index (κ3) is 8.56. The lowest BCUT2D eigenvalue weighted by molar-refractivity contribution is -0.175. The lowest BCUT2D eigenvalue weighted by Crippen LogP contribution is -2.39. The molecule has 1 N–H and O–H groups in total. The van der Waals surface area contributed by atoms with Crippen molar-refractivity contribution >= 4 is 21.8 Å². The second kappa shape index (κ2) is 8.23. The van der Waals surface area contributed by atoms with E-state index in [-0.39, 0.29) is 13.2 Å². The van der Waals surface area contributed by atoms with Gasteiger partial charge < -0.3 is 14.8 Å². The number of halogens is 4. The van der Waals surface area contributed by atoms with E-state index in [4.69, 9.17) is 4.74 Å². The van der Waals surface area contributed by atoms with Crippen LogP contribution in [0.15, 0.2) is 28.7 Å². The summed E-state index contributed by atoms with van der Waals surface area (Å²) in [6.07, 6.45) is -4.37. The van der Waals surface area contributed by atoms with Gasteiger partial charge in [-0.3, -0.25) is 4.79 Å². The highest BCUT2D eigenvalue weighted by Gasteiger charge is 2.27. The molecule has 0 fully saturated rings. The van der Waals surface area contributed by atoms with Crippen LogP contribution in [0.4, 0.5) is 13.2 Å². The zero-order valence-electron chi connectivity index (χ0n) is 11.2. The SMILES string of the molecule is CC(COCC(F)(F)F)NC(=O)COc1ccc(Br)cc1. The smallest absolute Gasteiger partial charge is 0.411 e. The molecule has 0 bridgehead atoms. The second-order valence-electron chi connectivity index (χ2n) is 4.34. The van der Waals surface area contributed by atoms with Crippen LogP contribution in [-0.4, -0.2) is 37.9 Å². The minimum absolute atomic E-state index is 0.217. The Bertz CT molecular complexity index is 451. The van der Waals surface area contributed by atoms with Crippen molar-refractivity contribution in [1.82, 2.24) is 5.32 Å². The zero-order chi connectivity index (χ0) is 15.9. The second-order valence-corrected chi connectivity index (χ2v) is 5.26. The Hall–Kier alpha value is -1.28. The molecule has 0 aromatic heterocycles. The standard InChI is InChI=1S/C13H15BrF3NO3/c1-9(6-20-8-13(15,16)17)18-12(19)7-21-11-4-2-10(14)3-5-11/h2-5,9H,6-8H2,1H3,(H,18,19). The number of rotatable bonds is 7. The van der Waals surface area contributed by atoms with Crippen molar-refractivity contribution in [3.05, 3.63) is 28.7 Å². The average Bonchev–Trinajstić information content (AvgIpc) is 2.36. The average molecular weight is 370 g/mol. The van der Waals surface area contributed by atoms with Gasteiger partial charge in [-0.15, -0.1) is 0 Å². The maximum atomic E-state index is 11.9. The lowest BCUT2D eigenvalue weighted by Gasteiger charge is -2.15. The predicted molar refractivity (Wildman–Crippen MR) is 74.1 cm³/mol. The number of amides is 1. The van der Waals surface area contributed by atoms with Gasteiger partial charge in [-0.1, -0.05) is 15.9 Å². The molecule has 8 heteroatoms. The highest BCUT2D eigenvalue weighted by Crippen LogP contribution is 2.16. The molecule has 1 unspecified atom stereocenters. The molecule has 1 rings (SSSR count). The van der Waals surface area contributed by atoms with E-state index in [0.717, 1.165) is 4.47 Å². The molecular weight excluding hydrogens is 355 g/mol. The van der Waals surface area contributed by atoms with E-state index < -0.39 is 24.7 Å². The molecule has 1 atom stereocenters. The van der Waals surface area contributed by atoms with Crippen molar-refractivity contribution in [2.45, 2.75) is 19.1 Å². The highest BCUT2D eigenvalue weighted by molar-refractivity contribution is 9.10. The quantitative estimate of drug-likeness (QED) is 0.803. The van der Waals surface area contributed by atoms with Crippen LogP contribution in [0.1, 0.15) is 6.92 Å². The molecule has 1 aromatic rings. The van der Waals surface area contributed by atoms with Crippen molar-refractivity contribution in [2.75, 3.05) is 19.8 Å². The minimum atomic E-state index is -4.37. The molecule has 1 aromatic carbocycles. The molecule has 1 amide bonds. The lowest BCUT2D eigenvalue weighted by atomic mass is 10.3. The molecule has 0 aliphatic carbocycles. The molecule has 4 nitrogen and oxygen atoms in total. The normalized spacial score (nSPS) is 12.8. The van der Waals surface area contributed by atoms with Gasteiger partial charge in [-0.25, -0.2) is 0 Å². The molecule has 0 spiro atoms. The molecule has 0 heterocycles. The Kier molecular flexibility index (Phi) is 6.97. The van der Waals surface area contributed by atoms with Gasteiger partial charge in [0.1, 0.15) is 12.4 Å². The van der Waals surface area contributed by atoms with Crippen molar-refractivity contribution in [3.8, 4) is 5.75 Å². The molecule has 21 heavy (non-hydrogen) atoms. The third-order valence-electron chi connectivity index (χ3n) is 2.22. The largest absolute Gasteiger partial charge is 0.484 e.